The monoisotopic (exact) mass is 496 g/mol. The number of fused-ring (bicyclic) bond motifs is 4. The standard InChI is InChI=1S/C26H32N4O6/c1-36-22-4-2-3-18-17(22)12-20(28-18)26(35)30-16-7-5-14(6-8-16)23(30)25(34)29-19(21(32)13-31)11-15-9-10-27-24(15)33/h2-4,12,14-16,19,23,28,31H,5-11,13H2,1H3,(H,27,33)(H,29,34)/t14?,15-,16?,19+,23-/m1/s1. The summed E-state index contributed by atoms with van der Waals surface area (Å²) in [5, 5.41) is 15.8. The second-order valence-corrected chi connectivity index (χ2v) is 10.0. The Morgan fingerprint density at radius 2 is 1.97 bits per heavy atom. The molecule has 1 aromatic heterocycles. The predicted octanol–water partition coefficient (Wildman–Crippen LogP) is 1.13. The molecule has 4 heterocycles. The van der Waals surface area contributed by atoms with Crippen molar-refractivity contribution in [3.63, 3.8) is 0 Å². The van der Waals surface area contributed by atoms with Crippen LogP contribution in [0.2, 0.25) is 0 Å². The lowest BCUT2D eigenvalue weighted by molar-refractivity contribution is -0.137. The van der Waals surface area contributed by atoms with E-state index in [2.05, 4.69) is 15.6 Å². The van der Waals surface area contributed by atoms with Crippen molar-refractivity contribution >= 4 is 34.4 Å². The Balaban J connectivity index is 1.40. The molecule has 0 unspecified atom stereocenters. The molecule has 4 N–H and O–H groups in total. The predicted molar refractivity (Wildman–Crippen MR) is 130 cm³/mol. The van der Waals surface area contributed by atoms with Gasteiger partial charge in [0.25, 0.3) is 5.91 Å². The number of amides is 3. The van der Waals surface area contributed by atoms with Gasteiger partial charge in [0.2, 0.25) is 11.8 Å². The van der Waals surface area contributed by atoms with E-state index in [-0.39, 0.29) is 30.2 Å². The lowest BCUT2D eigenvalue weighted by Gasteiger charge is -2.50. The molecular formula is C26H32N4O6. The van der Waals surface area contributed by atoms with Crippen LogP contribution in [0.25, 0.3) is 10.9 Å². The second kappa shape index (κ2) is 9.93. The number of Topliss-reactive ketones (excluding diaryl/α,β-unsaturated/α-hetero) is 1. The molecule has 1 saturated carbocycles. The van der Waals surface area contributed by atoms with E-state index in [1.54, 1.807) is 18.1 Å². The van der Waals surface area contributed by atoms with E-state index in [1.165, 1.54) is 0 Å². The molecule has 3 saturated heterocycles. The van der Waals surface area contributed by atoms with Crippen LogP contribution in [0.1, 0.15) is 49.0 Å². The van der Waals surface area contributed by atoms with E-state index in [4.69, 9.17) is 4.74 Å². The summed E-state index contributed by atoms with van der Waals surface area (Å²) in [4.78, 5) is 56.8. The van der Waals surface area contributed by atoms with Gasteiger partial charge in [0.05, 0.1) is 13.2 Å². The largest absolute Gasteiger partial charge is 0.496 e. The molecule has 192 valence electrons. The Hall–Kier alpha value is -3.40. The van der Waals surface area contributed by atoms with Gasteiger partial charge in [-0.2, -0.15) is 0 Å². The number of benzene rings is 1. The van der Waals surface area contributed by atoms with Crippen LogP contribution in [0.5, 0.6) is 5.75 Å². The topological polar surface area (TPSA) is 141 Å². The number of ether oxygens (including phenoxy) is 1. The minimum Gasteiger partial charge on any atom is -0.496 e. The molecule has 0 radical (unpaired) electrons. The molecule has 1 aliphatic carbocycles. The van der Waals surface area contributed by atoms with Crippen molar-refractivity contribution in [1.29, 1.82) is 0 Å². The highest BCUT2D eigenvalue weighted by molar-refractivity contribution is 6.02. The van der Waals surface area contributed by atoms with E-state index in [9.17, 15) is 24.3 Å². The number of carbonyl (C=O) groups excluding carboxylic acids is 4. The van der Waals surface area contributed by atoms with E-state index in [0.717, 1.165) is 36.6 Å². The molecule has 2 bridgehead atoms. The fraction of sp³-hybridized carbons (Fsp3) is 0.538. The summed E-state index contributed by atoms with van der Waals surface area (Å²) in [6.07, 6.45) is 4.02. The van der Waals surface area contributed by atoms with Gasteiger partial charge in [-0.15, -0.1) is 0 Å². The molecule has 3 aliphatic heterocycles. The molecule has 0 spiro atoms. The summed E-state index contributed by atoms with van der Waals surface area (Å²) in [6.45, 7) is -0.197. The van der Waals surface area contributed by atoms with Crippen LogP contribution in [-0.2, 0) is 14.4 Å². The van der Waals surface area contributed by atoms with Crippen molar-refractivity contribution in [2.24, 2.45) is 11.8 Å². The number of aliphatic hydroxyl groups is 1. The van der Waals surface area contributed by atoms with Crippen LogP contribution >= 0.6 is 0 Å². The van der Waals surface area contributed by atoms with Gasteiger partial charge in [-0.05, 0) is 62.6 Å². The lowest BCUT2D eigenvalue weighted by atomic mass is 9.74. The van der Waals surface area contributed by atoms with Crippen molar-refractivity contribution in [2.45, 2.75) is 56.7 Å². The number of aromatic nitrogens is 1. The molecule has 36 heavy (non-hydrogen) atoms. The molecule has 10 heteroatoms. The summed E-state index contributed by atoms with van der Waals surface area (Å²) in [7, 11) is 1.58. The third kappa shape index (κ3) is 4.34. The zero-order chi connectivity index (χ0) is 25.4. The van der Waals surface area contributed by atoms with Crippen molar-refractivity contribution in [3.8, 4) is 5.75 Å². The average molecular weight is 497 g/mol. The highest BCUT2D eigenvalue weighted by Gasteiger charge is 2.48. The highest BCUT2D eigenvalue weighted by Crippen LogP contribution is 2.41. The Morgan fingerprint density at radius 3 is 2.64 bits per heavy atom. The third-order valence-corrected chi connectivity index (χ3v) is 8.00. The number of nitrogens with one attached hydrogen (secondary N) is 3. The Labute approximate surface area is 208 Å². The van der Waals surface area contributed by atoms with Crippen LogP contribution in [0.4, 0.5) is 0 Å². The first-order valence-corrected chi connectivity index (χ1v) is 12.6. The SMILES string of the molecule is COc1cccc2[nH]c(C(=O)N3C4CCC(CC4)[C@@H]3C(=O)N[C@@H](C[C@H]3CCNC3=O)C(=O)CO)cc12. The van der Waals surface area contributed by atoms with Gasteiger partial charge in [-0.25, -0.2) is 0 Å². The first-order chi connectivity index (χ1) is 17.4. The summed E-state index contributed by atoms with van der Waals surface area (Å²) in [5.74, 6) is -1.12. The van der Waals surface area contributed by atoms with Gasteiger partial charge in [0.1, 0.15) is 24.1 Å². The summed E-state index contributed by atoms with van der Waals surface area (Å²) in [6, 6.07) is 5.52. The van der Waals surface area contributed by atoms with Crippen LogP contribution in [-0.4, -0.2) is 76.9 Å². The maximum Gasteiger partial charge on any atom is 0.271 e. The smallest absolute Gasteiger partial charge is 0.271 e. The van der Waals surface area contributed by atoms with Crippen LogP contribution in [0.15, 0.2) is 24.3 Å². The number of piperidine rings is 2. The molecule has 1 aromatic carbocycles. The van der Waals surface area contributed by atoms with Gasteiger partial charge in [0, 0.05) is 29.4 Å². The normalized spacial score (nSPS) is 26.1. The number of hydrogen-bond acceptors (Lipinski definition) is 6. The van der Waals surface area contributed by atoms with Gasteiger partial charge >= 0.3 is 0 Å². The number of aliphatic hydroxyl groups excluding tert-OH is 1. The average Bonchev–Trinajstić information content (AvgIpc) is 3.53. The van der Waals surface area contributed by atoms with Crippen LogP contribution < -0.4 is 15.4 Å². The maximum absolute atomic E-state index is 13.8. The molecule has 10 nitrogen and oxygen atoms in total. The number of methoxy groups -OCH3 is 1. The molecule has 3 atom stereocenters. The van der Waals surface area contributed by atoms with Gasteiger partial charge in [-0.1, -0.05) is 6.07 Å². The van der Waals surface area contributed by atoms with Gasteiger partial charge in [-0.3, -0.25) is 19.2 Å². The molecule has 6 rings (SSSR count). The zero-order valence-corrected chi connectivity index (χ0v) is 20.3. The Kier molecular flexibility index (Phi) is 6.70. The number of aromatic amines is 1. The summed E-state index contributed by atoms with van der Waals surface area (Å²) in [5.41, 5.74) is 1.15. The first kappa shape index (κ1) is 24.3. The van der Waals surface area contributed by atoms with E-state index >= 15 is 0 Å². The van der Waals surface area contributed by atoms with Crippen LogP contribution in [0, 0.1) is 11.8 Å². The number of carbonyl (C=O) groups is 4. The second-order valence-electron chi connectivity index (χ2n) is 10.0. The zero-order valence-electron chi connectivity index (χ0n) is 20.3. The molecule has 4 aliphatic rings. The first-order valence-electron chi connectivity index (χ1n) is 12.6. The van der Waals surface area contributed by atoms with Crippen molar-refractivity contribution in [3.05, 3.63) is 30.0 Å². The summed E-state index contributed by atoms with van der Waals surface area (Å²) < 4.78 is 5.42. The third-order valence-electron chi connectivity index (χ3n) is 8.00. The minimum absolute atomic E-state index is 0.0162. The minimum atomic E-state index is -0.980. The molecule has 3 amide bonds. The number of H-pyrrole nitrogens is 1. The molecule has 4 fully saturated rings. The highest BCUT2D eigenvalue weighted by atomic mass is 16.5. The van der Waals surface area contributed by atoms with Crippen molar-refractivity contribution in [2.75, 3.05) is 20.3 Å². The van der Waals surface area contributed by atoms with Gasteiger partial charge in [0.15, 0.2) is 5.78 Å². The van der Waals surface area contributed by atoms with E-state index < -0.39 is 36.3 Å². The van der Waals surface area contributed by atoms with Crippen molar-refractivity contribution in [1.82, 2.24) is 20.5 Å². The summed E-state index contributed by atoms with van der Waals surface area (Å²) >= 11 is 0. The fourth-order valence-corrected chi connectivity index (χ4v) is 6.13. The lowest BCUT2D eigenvalue weighted by Crippen LogP contribution is -2.64. The molecule has 2 aromatic rings. The quantitative estimate of drug-likeness (QED) is 0.432. The van der Waals surface area contributed by atoms with Crippen LogP contribution in [0.3, 0.4) is 0 Å². The Bertz CT molecular complexity index is 1180. The van der Waals surface area contributed by atoms with Crippen molar-refractivity contribution < 1.29 is 29.0 Å². The fourth-order valence-electron chi connectivity index (χ4n) is 6.13. The number of rotatable bonds is 8. The van der Waals surface area contributed by atoms with Gasteiger partial charge < -0.3 is 30.4 Å². The Morgan fingerprint density at radius 1 is 1.19 bits per heavy atom. The number of nitrogens with zero attached hydrogens (tertiary/aromatic N) is 1. The number of hydrogen-bond donors (Lipinski definition) is 4. The maximum atomic E-state index is 13.8. The number of ketones is 1. The molecular weight excluding hydrogens is 464 g/mol. The van der Waals surface area contributed by atoms with E-state index in [0.29, 0.717) is 24.4 Å². The van der Waals surface area contributed by atoms with E-state index in [1.807, 2.05) is 18.2 Å².